The molecule has 1 aliphatic rings. The first-order chi connectivity index (χ1) is 9.24. The number of hydrogen-bond donors (Lipinski definition) is 2. The zero-order chi connectivity index (χ0) is 13.2. The first-order valence-corrected chi connectivity index (χ1v) is 6.28. The van der Waals surface area contributed by atoms with Crippen LogP contribution in [0.1, 0.15) is 27.4 Å². The molecular formula is C14H17Cl2N3O2. The van der Waals surface area contributed by atoms with E-state index in [1.54, 1.807) is 6.92 Å². The van der Waals surface area contributed by atoms with Crippen LogP contribution in [-0.4, -0.2) is 17.4 Å². The zero-order valence-corrected chi connectivity index (χ0v) is 13.1. The molecule has 5 nitrogen and oxygen atoms in total. The van der Waals surface area contributed by atoms with E-state index in [1.807, 2.05) is 12.1 Å². The molecule has 114 valence electrons. The third kappa shape index (κ3) is 3.75. The Morgan fingerprint density at radius 3 is 2.86 bits per heavy atom. The number of anilines is 1. The van der Waals surface area contributed by atoms with Crippen molar-refractivity contribution in [1.29, 1.82) is 0 Å². The fraction of sp³-hybridized carbons (Fsp3) is 0.286. The summed E-state index contributed by atoms with van der Waals surface area (Å²) in [5.74, 6) is -0.00503. The SMILES string of the molecule is Cc1ncoc1C(=O)Nc1ccc2c(c1)CNCC2.Cl.Cl. The van der Waals surface area contributed by atoms with Gasteiger partial charge in [-0.2, -0.15) is 0 Å². The lowest BCUT2D eigenvalue weighted by molar-refractivity contribution is 0.0996. The third-order valence-electron chi connectivity index (χ3n) is 3.30. The van der Waals surface area contributed by atoms with E-state index in [0.29, 0.717) is 5.69 Å². The van der Waals surface area contributed by atoms with Gasteiger partial charge in [-0.1, -0.05) is 6.07 Å². The van der Waals surface area contributed by atoms with Crippen LogP contribution in [0.15, 0.2) is 29.0 Å². The Morgan fingerprint density at radius 1 is 1.33 bits per heavy atom. The first kappa shape index (κ1) is 17.5. The van der Waals surface area contributed by atoms with Crippen molar-refractivity contribution in [1.82, 2.24) is 10.3 Å². The van der Waals surface area contributed by atoms with Crippen LogP contribution in [0.4, 0.5) is 5.69 Å². The second kappa shape index (κ2) is 7.45. The molecule has 7 heteroatoms. The molecule has 0 fully saturated rings. The minimum atomic E-state index is -0.265. The maximum absolute atomic E-state index is 12.0. The van der Waals surface area contributed by atoms with Gasteiger partial charge in [-0.25, -0.2) is 4.98 Å². The lowest BCUT2D eigenvalue weighted by Gasteiger charge is -2.17. The highest BCUT2D eigenvalue weighted by atomic mass is 35.5. The van der Waals surface area contributed by atoms with Crippen LogP contribution in [0.2, 0.25) is 0 Å². The van der Waals surface area contributed by atoms with Crippen LogP contribution in [-0.2, 0) is 13.0 Å². The smallest absolute Gasteiger partial charge is 0.293 e. The quantitative estimate of drug-likeness (QED) is 0.888. The maximum Gasteiger partial charge on any atom is 0.293 e. The lowest BCUT2D eigenvalue weighted by atomic mass is 10.0. The van der Waals surface area contributed by atoms with E-state index in [1.165, 1.54) is 17.5 Å². The van der Waals surface area contributed by atoms with Gasteiger partial charge in [0, 0.05) is 12.2 Å². The van der Waals surface area contributed by atoms with Crippen molar-refractivity contribution in [3.05, 3.63) is 47.2 Å². The Bertz CT molecular complexity index is 628. The van der Waals surface area contributed by atoms with Crippen molar-refractivity contribution in [3.8, 4) is 0 Å². The van der Waals surface area contributed by atoms with Crippen molar-refractivity contribution in [2.24, 2.45) is 0 Å². The fourth-order valence-corrected chi connectivity index (χ4v) is 2.27. The highest BCUT2D eigenvalue weighted by Gasteiger charge is 2.15. The topological polar surface area (TPSA) is 67.2 Å². The van der Waals surface area contributed by atoms with Gasteiger partial charge in [0.1, 0.15) is 0 Å². The molecule has 0 unspecified atom stereocenters. The van der Waals surface area contributed by atoms with Gasteiger partial charge in [-0.15, -0.1) is 24.8 Å². The standard InChI is InChI=1S/C14H15N3O2.2ClH/c1-9-13(19-8-16-9)14(18)17-12-3-2-10-4-5-15-7-11(10)6-12;;/h2-3,6,8,15H,4-5,7H2,1H3,(H,17,18);2*1H. The predicted octanol–water partition coefficient (Wildman–Crippen LogP) is 2.72. The molecule has 1 amide bonds. The summed E-state index contributed by atoms with van der Waals surface area (Å²) >= 11 is 0. The monoisotopic (exact) mass is 329 g/mol. The second-order valence-electron chi connectivity index (χ2n) is 4.63. The van der Waals surface area contributed by atoms with E-state index in [4.69, 9.17) is 4.42 Å². The van der Waals surface area contributed by atoms with Crippen LogP contribution in [0.5, 0.6) is 0 Å². The van der Waals surface area contributed by atoms with E-state index >= 15 is 0 Å². The molecule has 1 aromatic carbocycles. The molecule has 0 atom stereocenters. The Morgan fingerprint density at radius 2 is 2.14 bits per heavy atom. The summed E-state index contributed by atoms with van der Waals surface area (Å²) in [6.07, 6.45) is 2.31. The average Bonchev–Trinajstić information content (AvgIpc) is 2.85. The summed E-state index contributed by atoms with van der Waals surface area (Å²) in [5.41, 5.74) is 3.95. The van der Waals surface area contributed by atoms with Crippen LogP contribution in [0, 0.1) is 6.92 Å². The molecule has 1 aromatic heterocycles. The van der Waals surface area contributed by atoms with Gasteiger partial charge in [0.05, 0.1) is 5.69 Å². The van der Waals surface area contributed by atoms with E-state index in [0.717, 1.165) is 25.2 Å². The van der Waals surface area contributed by atoms with Crippen LogP contribution < -0.4 is 10.6 Å². The second-order valence-corrected chi connectivity index (χ2v) is 4.63. The number of fused-ring (bicyclic) bond motifs is 1. The van der Waals surface area contributed by atoms with Crippen molar-refractivity contribution >= 4 is 36.4 Å². The van der Waals surface area contributed by atoms with Crippen molar-refractivity contribution in [2.45, 2.75) is 19.9 Å². The van der Waals surface area contributed by atoms with Gasteiger partial charge in [0.2, 0.25) is 5.76 Å². The highest BCUT2D eigenvalue weighted by molar-refractivity contribution is 6.02. The number of rotatable bonds is 2. The Balaban J connectivity index is 0.00000110. The molecule has 0 radical (unpaired) electrons. The third-order valence-corrected chi connectivity index (χ3v) is 3.30. The number of aryl methyl sites for hydroxylation is 1. The summed E-state index contributed by atoms with van der Waals surface area (Å²) in [6.45, 7) is 3.60. The van der Waals surface area contributed by atoms with E-state index < -0.39 is 0 Å². The summed E-state index contributed by atoms with van der Waals surface area (Å²) < 4.78 is 5.08. The molecule has 1 aliphatic heterocycles. The number of benzene rings is 1. The summed E-state index contributed by atoms with van der Waals surface area (Å²) in [5, 5.41) is 6.15. The number of amides is 1. The zero-order valence-electron chi connectivity index (χ0n) is 11.5. The minimum absolute atomic E-state index is 0. The number of carbonyl (C=O) groups is 1. The number of aromatic nitrogens is 1. The number of oxazole rings is 1. The normalized spacial score (nSPS) is 12.6. The number of carbonyl (C=O) groups excluding carboxylic acids is 1. The molecule has 0 saturated carbocycles. The molecule has 3 rings (SSSR count). The van der Waals surface area contributed by atoms with Crippen LogP contribution >= 0.6 is 24.8 Å². The molecule has 21 heavy (non-hydrogen) atoms. The van der Waals surface area contributed by atoms with Crippen LogP contribution in [0.25, 0.3) is 0 Å². The predicted molar refractivity (Wildman–Crippen MR) is 85.5 cm³/mol. The summed E-state index contributed by atoms with van der Waals surface area (Å²) in [6, 6.07) is 6.00. The minimum Gasteiger partial charge on any atom is -0.438 e. The van der Waals surface area contributed by atoms with E-state index in [9.17, 15) is 4.79 Å². The Kier molecular flexibility index (Phi) is 6.20. The number of nitrogens with zero attached hydrogens (tertiary/aromatic N) is 1. The fourth-order valence-electron chi connectivity index (χ4n) is 2.27. The molecule has 0 spiro atoms. The summed E-state index contributed by atoms with van der Waals surface area (Å²) in [7, 11) is 0. The maximum atomic E-state index is 12.0. The van der Waals surface area contributed by atoms with Crippen molar-refractivity contribution < 1.29 is 9.21 Å². The number of hydrogen-bond acceptors (Lipinski definition) is 4. The van der Waals surface area contributed by atoms with Crippen LogP contribution in [0.3, 0.4) is 0 Å². The Labute approximate surface area is 135 Å². The number of nitrogens with one attached hydrogen (secondary N) is 2. The van der Waals surface area contributed by atoms with Gasteiger partial charge in [-0.3, -0.25) is 4.79 Å². The van der Waals surface area contributed by atoms with E-state index in [-0.39, 0.29) is 36.5 Å². The van der Waals surface area contributed by atoms with Gasteiger partial charge < -0.3 is 15.1 Å². The lowest BCUT2D eigenvalue weighted by Crippen LogP contribution is -2.23. The Hall–Kier alpha value is -1.56. The molecule has 2 heterocycles. The number of halogens is 2. The molecule has 2 N–H and O–H groups in total. The van der Waals surface area contributed by atoms with E-state index in [2.05, 4.69) is 21.7 Å². The van der Waals surface area contributed by atoms with Gasteiger partial charge >= 0.3 is 0 Å². The summed E-state index contributed by atoms with van der Waals surface area (Å²) in [4.78, 5) is 15.9. The molecule has 0 aliphatic carbocycles. The molecular weight excluding hydrogens is 313 g/mol. The average molecular weight is 330 g/mol. The van der Waals surface area contributed by atoms with Gasteiger partial charge in [-0.05, 0) is 43.1 Å². The molecule has 0 saturated heterocycles. The van der Waals surface area contributed by atoms with Gasteiger partial charge in [0.15, 0.2) is 6.39 Å². The largest absolute Gasteiger partial charge is 0.438 e. The first-order valence-electron chi connectivity index (χ1n) is 6.28. The molecule has 0 bridgehead atoms. The van der Waals surface area contributed by atoms with Crippen molar-refractivity contribution in [3.63, 3.8) is 0 Å². The highest BCUT2D eigenvalue weighted by Crippen LogP contribution is 2.19. The van der Waals surface area contributed by atoms with Gasteiger partial charge in [0.25, 0.3) is 5.91 Å². The van der Waals surface area contributed by atoms with Crippen molar-refractivity contribution in [2.75, 3.05) is 11.9 Å². The molecule has 2 aromatic rings.